The molecule has 4 rings (SSSR count). The van der Waals surface area contributed by atoms with Gasteiger partial charge in [0.25, 0.3) is 5.91 Å². The highest BCUT2D eigenvalue weighted by atomic mass is 16.5. The van der Waals surface area contributed by atoms with Crippen LogP contribution in [0.25, 0.3) is 11.1 Å². The molecule has 8 heteroatoms. The van der Waals surface area contributed by atoms with E-state index in [2.05, 4.69) is 15.3 Å². The first-order valence-electron chi connectivity index (χ1n) is 11.2. The van der Waals surface area contributed by atoms with E-state index in [0.717, 1.165) is 36.1 Å². The van der Waals surface area contributed by atoms with Gasteiger partial charge >= 0.3 is 0 Å². The van der Waals surface area contributed by atoms with Crippen molar-refractivity contribution in [3.63, 3.8) is 0 Å². The Labute approximate surface area is 188 Å². The number of carbonyl (C=O) groups is 2. The van der Waals surface area contributed by atoms with Gasteiger partial charge in [-0.05, 0) is 25.0 Å². The van der Waals surface area contributed by atoms with Gasteiger partial charge in [0.1, 0.15) is 11.8 Å². The Morgan fingerprint density at radius 1 is 1.12 bits per heavy atom. The molecule has 8 nitrogen and oxygen atoms in total. The van der Waals surface area contributed by atoms with Crippen LogP contribution in [-0.4, -0.2) is 64.1 Å². The predicted octanol–water partition coefficient (Wildman–Crippen LogP) is 2.49. The van der Waals surface area contributed by atoms with E-state index in [0.29, 0.717) is 38.2 Å². The second-order valence-corrected chi connectivity index (χ2v) is 8.64. The van der Waals surface area contributed by atoms with Crippen LogP contribution in [0.4, 0.5) is 0 Å². The highest BCUT2D eigenvalue weighted by Gasteiger charge is 2.35. The number of aliphatic hydroxyl groups is 1. The molecule has 2 aromatic rings. The van der Waals surface area contributed by atoms with Crippen LogP contribution < -0.4 is 5.32 Å². The number of hydrogen-bond donors (Lipinski definition) is 2. The molecule has 2 aliphatic rings. The molecule has 2 fully saturated rings. The minimum atomic E-state index is -0.857. The molecule has 1 atom stereocenters. The summed E-state index contributed by atoms with van der Waals surface area (Å²) in [5.41, 5.74) is 2.01. The van der Waals surface area contributed by atoms with E-state index in [1.165, 1.54) is 0 Å². The maximum atomic E-state index is 12.8. The number of nitrogens with zero attached hydrogens (tertiary/aromatic N) is 3. The van der Waals surface area contributed by atoms with E-state index in [9.17, 15) is 14.7 Å². The van der Waals surface area contributed by atoms with E-state index >= 15 is 0 Å². The first-order chi connectivity index (χ1) is 15.5. The summed E-state index contributed by atoms with van der Waals surface area (Å²) in [6, 6.07) is 7.35. The standard InChI is InChI=1S/C24H30N4O4/c1-25-23(30)20-8-6-18(15-27-20)17-5-7-19(26-14-17)21-16-28(11-12-32-21)22(29)13-24(31)9-3-2-4-10-24/h5-8,14-15,21,31H,2-4,9-13,16H2,1H3,(H,25,30)/t21-/m1/s1. The first-order valence-corrected chi connectivity index (χ1v) is 11.2. The highest BCUT2D eigenvalue weighted by molar-refractivity contribution is 5.92. The summed E-state index contributed by atoms with van der Waals surface area (Å²) in [6.45, 7) is 1.42. The average molecular weight is 439 g/mol. The van der Waals surface area contributed by atoms with Gasteiger partial charge in [-0.1, -0.05) is 31.4 Å². The molecule has 0 spiro atoms. The lowest BCUT2D eigenvalue weighted by Crippen LogP contribution is -2.46. The Morgan fingerprint density at radius 2 is 1.84 bits per heavy atom. The van der Waals surface area contributed by atoms with Gasteiger partial charge in [0, 0.05) is 37.1 Å². The zero-order valence-electron chi connectivity index (χ0n) is 18.4. The van der Waals surface area contributed by atoms with Crippen LogP contribution in [0.15, 0.2) is 36.7 Å². The molecular formula is C24H30N4O4. The Balaban J connectivity index is 1.39. The van der Waals surface area contributed by atoms with Gasteiger partial charge in [-0.15, -0.1) is 0 Å². The fourth-order valence-electron chi connectivity index (χ4n) is 4.43. The number of carbonyl (C=O) groups excluding carboxylic acids is 2. The number of hydrogen-bond acceptors (Lipinski definition) is 6. The molecular weight excluding hydrogens is 408 g/mol. The van der Waals surface area contributed by atoms with E-state index in [1.807, 2.05) is 18.2 Å². The minimum Gasteiger partial charge on any atom is -0.389 e. The zero-order chi connectivity index (χ0) is 22.6. The maximum absolute atomic E-state index is 12.8. The van der Waals surface area contributed by atoms with Crippen molar-refractivity contribution in [3.8, 4) is 11.1 Å². The monoisotopic (exact) mass is 438 g/mol. The largest absolute Gasteiger partial charge is 0.389 e. The van der Waals surface area contributed by atoms with E-state index in [1.54, 1.807) is 30.4 Å². The fraction of sp³-hybridized carbons (Fsp3) is 0.500. The number of morpholine rings is 1. The Hall–Kier alpha value is -2.84. The van der Waals surface area contributed by atoms with Crippen molar-refractivity contribution in [2.24, 2.45) is 0 Å². The van der Waals surface area contributed by atoms with Gasteiger partial charge < -0.3 is 20.1 Å². The van der Waals surface area contributed by atoms with Gasteiger partial charge in [-0.3, -0.25) is 19.6 Å². The van der Waals surface area contributed by atoms with Crippen LogP contribution in [0.3, 0.4) is 0 Å². The van der Waals surface area contributed by atoms with Crippen LogP contribution in [0.2, 0.25) is 0 Å². The number of aromatic nitrogens is 2. The van der Waals surface area contributed by atoms with E-state index in [4.69, 9.17) is 4.74 Å². The van der Waals surface area contributed by atoms with E-state index < -0.39 is 5.60 Å². The van der Waals surface area contributed by atoms with Crippen LogP contribution in [0, 0.1) is 0 Å². The molecule has 0 radical (unpaired) electrons. The molecule has 2 N–H and O–H groups in total. The third-order valence-electron chi connectivity index (χ3n) is 6.36. The van der Waals surface area contributed by atoms with Gasteiger partial charge in [0.15, 0.2) is 0 Å². The zero-order valence-corrected chi connectivity index (χ0v) is 18.4. The molecule has 0 unspecified atom stereocenters. The second kappa shape index (κ2) is 9.75. The molecule has 2 aromatic heterocycles. The summed E-state index contributed by atoms with van der Waals surface area (Å²) in [4.78, 5) is 35.0. The molecule has 170 valence electrons. The van der Waals surface area contributed by atoms with Crippen molar-refractivity contribution in [2.75, 3.05) is 26.7 Å². The summed E-state index contributed by atoms with van der Waals surface area (Å²) in [5, 5.41) is 13.3. The SMILES string of the molecule is CNC(=O)c1ccc(-c2ccc([C@H]3CN(C(=O)CC4(O)CCCCC4)CCO3)nc2)cn1. The van der Waals surface area contributed by atoms with Gasteiger partial charge in [-0.25, -0.2) is 0 Å². The molecule has 3 heterocycles. The maximum Gasteiger partial charge on any atom is 0.269 e. The molecule has 1 aliphatic carbocycles. The third-order valence-corrected chi connectivity index (χ3v) is 6.36. The number of pyridine rings is 2. The predicted molar refractivity (Wildman–Crippen MR) is 119 cm³/mol. The lowest BCUT2D eigenvalue weighted by atomic mass is 9.82. The Morgan fingerprint density at radius 3 is 2.47 bits per heavy atom. The number of amides is 2. The average Bonchev–Trinajstić information content (AvgIpc) is 2.84. The molecule has 1 aliphatic heterocycles. The Kier molecular flexibility index (Phi) is 6.81. The van der Waals surface area contributed by atoms with Crippen LogP contribution >= 0.6 is 0 Å². The second-order valence-electron chi connectivity index (χ2n) is 8.64. The third kappa shape index (κ3) is 5.14. The van der Waals surface area contributed by atoms with Crippen molar-refractivity contribution in [2.45, 2.75) is 50.2 Å². The van der Waals surface area contributed by atoms with Crippen molar-refractivity contribution >= 4 is 11.8 Å². The van der Waals surface area contributed by atoms with Crippen molar-refractivity contribution in [1.29, 1.82) is 0 Å². The number of rotatable bonds is 5. The lowest BCUT2D eigenvalue weighted by molar-refractivity contribution is -0.145. The van der Waals surface area contributed by atoms with Crippen LogP contribution in [0.5, 0.6) is 0 Å². The molecule has 32 heavy (non-hydrogen) atoms. The smallest absolute Gasteiger partial charge is 0.269 e. The van der Waals surface area contributed by atoms with Gasteiger partial charge in [0.2, 0.25) is 5.91 Å². The normalized spacial score (nSPS) is 20.6. The summed E-state index contributed by atoms with van der Waals surface area (Å²) in [7, 11) is 1.57. The fourth-order valence-corrected chi connectivity index (χ4v) is 4.43. The van der Waals surface area contributed by atoms with Crippen molar-refractivity contribution < 1.29 is 19.4 Å². The highest BCUT2D eigenvalue weighted by Crippen LogP contribution is 2.32. The summed E-state index contributed by atoms with van der Waals surface area (Å²) in [5.74, 6) is -0.240. The molecule has 1 saturated heterocycles. The quantitative estimate of drug-likeness (QED) is 0.743. The molecule has 1 saturated carbocycles. The van der Waals surface area contributed by atoms with Crippen molar-refractivity contribution in [3.05, 3.63) is 48.0 Å². The molecule has 0 bridgehead atoms. The van der Waals surface area contributed by atoms with Crippen LogP contribution in [0.1, 0.15) is 60.8 Å². The van der Waals surface area contributed by atoms with Gasteiger partial charge in [0.05, 0.1) is 30.9 Å². The van der Waals surface area contributed by atoms with Crippen LogP contribution in [-0.2, 0) is 9.53 Å². The summed E-state index contributed by atoms with van der Waals surface area (Å²) < 4.78 is 5.88. The topological polar surface area (TPSA) is 105 Å². The summed E-state index contributed by atoms with van der Waals surface area (Å²) >= 11 is 0. The number of ether oxygens (including phenoxy) is 1. The van der Waals surface area contributed by atoms with Gasteiger partial charge in [-0.2, -0.15) is 0 Å². The first kappa shape index (κ1) is 22.4. The minimum absolute atomic E-state index is 0.0124. The summed E-state index contributed by atoms with van der Waals surface area (Å²) in [6.07, 6.45) is 7.79. The lowest BCUT2D eigenvalue weighted by Gasteiger charge is -2.37. The molecule has 2 amide bonds. The van der Waals surface area contributed by atoms with Crippen molar-refractivity contribution in [1.82, 2.24) is 20.2 Å². The molecule has 0 aromatic carbocycles. The van der Waals surface area contributed by atoms with E-state index in [-0.39, 0.29) is 24.3 Å². The number of nitrogens with one attached hydrogen (secondary N) is 1. The Bertz CT molecular complexity index is 939.